The van der Waals surface area contributed by atoms with Crippen molar-refractivity contribution in [1.82, 2.24) is 15.2 Å². The van der Waals surface area contributed by atoms with Crippen LogP contribution in [0.5, 0.6) is 0 Å². The van der Waals surface area contributed by atoms with Gasteiger partial charge in [0.15, 0.2) is 0 Å². The van der Waals surface area contributed by atoms with E-state index in [4.69, 9.17) is 22.6 Å². The van der Waals surface area contributed by atoms with Crippen molar-refractivity contribution in [2.24, 2.45) is 11.8 Å². The number of carbonyl (C=O) groups is 1. The lowest BCUT2D eigenvalue weighted by molar-refractivity contribution is -0.117. The van der Waals surface area contributed by atoms with Crippen molar-refractivity contribution in [3.05, 3.63) is 47.5 Å². The number of pyridine rings is 1. The van der Waals surface area contributed by atoms with E-state index in [0.717, 1.165) is 16.6 Å². The summed E-state index contributed by atoms with van der Waals surface area (Å²) < 4.78 is 0. The van der Waals surface area contributed by atoms with E-state index in [0.29, 0.717) is 28.3 Å². The number of hydrogen-bond acceptors (Lipinski definition) is 6. The van der Waals surface area contributed by atoms with Crippen LogP contribution < -0.4 is 16.4 Å². The molecule has 4 N–H and O–H groups in total. The summed E-state index contributed by atoms with van der Waals surface area (Å²) in [6.45, 7) is 0. The third kappa shape index (κ3) is 3.04. The van der Waals surface area contributed by atoms with E-state index in [1.807, 2.05) is 36.6 Å². The Balaban J connectivity index is 1.70. The number of aromatic nitrogens is 1. The highest BCUT2D eigenvalue weighted by atomic mass is 35.5. The number of halogens is 1. The number of carbonyl (C=O) groups excluding carboxylic acids is 1. The van der Waals surface area contributed by atoms with E-state index in [9.17, 15) is 4.79 Å². The SMILES string of the molecule is CN1C=CNC=C1c1cc2cc(NC(=O)C3CC3C#N)ncc2c(N)c1Cl. The van der Waals surface area contributed by atoms with Crippen LogP contribution in [-0.4, -0.2) is 22.8 Å². The largest absolute Gasteiger partial charge is 0.397 e. The number of nitriles is 1. The Kier molecular flexibility index (Phi) is 4.13. The lowest BCUT2D eigenvalue weighted by Crippen LogP contribution is -2.17. The molecule has 7 nitrogen and oxygen atoms in total. The molecule has 2 aromatic rings. The second kappa shape index (κ2) is 6.49. The summed E-state index contributed by atoms with van der Waals surface area (Å²) in [5, 5.41) is 16.7. The van der Waals surface area contributed by atoms with Crippen LogP contribution in [0, 0.1) is 23.2 Å². The highest BCUT2D eigenvalue weighted by Gasteiger charge is 2.43. The van der Waals surface area contributed by atoms with Gasteiger partial charge in [0.1, 0.15) is 5.82 Å². The van der Waals surface area contributed by atoms with Gasteiger partial charge in [-0.1, -0.05) is 11.6 Å². The Bertz CT molecular complexity index is 1050. The number of rotatable bonds is 3. The maximum absolute atomic E-state index is 12.2. The molecule has 1 aliphatic heterocycles. The highest BCUT2D eigenvalue weighted by molar-refractivity contribution is 6.36. The summed E-state index contributed by atoms with van der Waals surface area (Å²) in [6, 6.07) is 5.80. The number of nitrogen functional groups attached to an aromatic ring is 1. The minimum atomic E-state index is -0.253. The van der Waals surface area contributed by atoms with Gasteiger partial charge in [-0.2, -0.15) is 5.26 Å². The van der Waals surface area contributed by atoms with E-state index in [-0.39, 0.29) is 17.7 Å². The van der Waals surface area contributed by atoms with Crippen LogP contribution >= 0.6 is 11.6 Å². The Hall–Kier alpha value is -3.24. The molecule has 0 saturated heterocycles. The first-order chi connectivity index (χ1) is 13.0. The molecule has 1 aromatic heterocycles. The zero-order valence-corrected chi connectivity index (χ0v) is 15.3. The first kappa shape index (κ1) is 17.2. The van der Waals surface area contributed by atoms with Crippen LogP contribution in [-0.2, 0) is 4.79 Å². The fourth-order valence-electron chi connectivity index (χ4n) is 3.13. The van der Waals surface area contributed by atoms with Crippen LogP contribution in [0.4, 0.5) is 11.5 Å². The number of fused-ring (bicyclic) bond motifs is 1. The maximum Gasteiger partial charge on any atom is 0.230 e. The van der Waals surface area contributed by atoms with Crippen LogP contribution in [0.25, 0.3) is 16.5 Å². The highest BCUT2D eigenvalue weighted by Crippen LogP contribution is 2.39. The number of hydrogen-bond donors (Lipinski definition) is 3. The topological polar surface area (TPSA) is 107 Å². The van der Waals surface area contributed by atoms with Gasteiger partial charge in [-0.25, -0.2) is 4.98 Å². The van der Waals surface area contributed by atoms with Gasteiger partial charge in [0.05, 0.1) is 34.3 Å². The molecule has 0 bridgehead atoms. The third-order valence-electron chi connectivity index (χ3n) is 4.81. The first-order valence-electron chi connectivity index (χ1n) is 8.44. The lowest BCUT2D eigenvalue weighted by Gasteiger charge is -2.23. The van der Waals surface area contributed by atoms with Crippen molar-refractivity contribution in [2.45, 2.75) is 6.42 Å². The molecule has 2 atom stereocenters. The Morgan fingerprint density at radius 3 is 3.04 bits per heavy atom. The standard InChI is InChI=1S/C19H17ClN6O/c1-26-3-2-23-9-15(26)13-4-10-6-16(24-8-14(10)18(22)17(13)20)25-19(27)12-5-11(12)7-21/h2-4,6,8-9,11-12,23H,5,22H2,1H3,(H,24,25,27). The number of nitrogens with zero attached hydrogens (tertiary/aromatic N) is 3. The van der Waals surface area contributed by atoms with Gasteiger partial charge >= 0.3 is 0 Å². The third-order valence-corrected chi connectivity index (χ3v) is 5.22. The van der Waals surface area contributed by atoms with Crippen LogP contribution in [0.3, 0.4) is 0 Å². The molecule has 2 aliphatic rings. The Morgan fingerprint density at radius 1 is 1.52 bits per heavy atom. The molecular weight excluding hydrogens is 364 g/mol. The monoisotopic (exact) mass is 380 g/mol. The fourth-order valence-corrected chi connectivity index (χ4v) is 3.38. The average Bonchev–Trinajstić information content (AvgIpc) is 3.45. The van der Waals surface area contributed by atoms with Crippen LogP contribution in [0.1, 0.15) is 12.0 Å². The predicted octanol–water partition coefficient (Wildman–Crippen LogP) is 2.87. The average molecular weight is 381 g/mol. The Morgan fingerprint density at radius 2 is 2.33 bits per heavy atom. The van der Waals surface area contributed by atoms with Gasteiger partial charge in [0.2, 0.25) is 5.91 Å². The molecule has 2 unspecified atom stereocenters. The maximum atomic E-state index is 12.2. The molecule has 0 radical (unpaired) electrons. The summed E-state index contributed by atoms with van der Waals surface area (Å²) >= 11 is 6.50. The minimum Gasteiger partial charge on any atom is -0.397 e. The quantitative estimate of drug-likeness (QED) is 0.707. The number of amides is 1. The zero-order valence-electron chi connectivity index (χ0n) is 14.5. The molecule has 1 saturated carbocycles. The van der Waals surface area contributed by atoms with Gasteiger partial charge in [-0.15, -0.1) is 0 Å². The molecular formula is C19H17ClN6O. The molecule has 4 rings (SSSR count). The van der Waals surface area contributed by atoms with Gasteiger partial charge in [0, 0.05) is 42.8 Å². The first-order valence-corrected chi connectivity index (χ1v) is 8.81. The van der Waals surface area contributed by atoms with E-state index in [1.54, 1.807) is 12.3 Å². The van der Waals surface area contributed by atoms with Crippen molar-refractivity contribution in [2.75, 3.05) is 18.1 Å². The fraction of sp³-hybridized carbons (Fsp3) is 0.211. The van der Waals surface area contributed by atoms with Crippen molar-refractivity contribution in [3.8, 4) is 6.07 Å². The molecule has 8 heteroatoms. The van der Waals surface area contributed by atoms with E-state index in [2.05, 4.69) is 21.7 Å². The van der Waals surface area contributed by atoms with Gasteiger partial charge in [0.25, 0.3) is 0 Å². The number of anilines is 2. The number of nitrogens with one attached hydrogen (secondary N) is 2. The molecule has 0 spiro atoms. The van der Waals surface area contributed by atoms with Gasteiger partial charge in [-0.05, 0) is 23.9 Å². The summed E-state index contributed by atoms with van der Waals surface area (Å²) in [6.07, 6.45) is 7.73. The zero-order chi connectivity index (χ0) is 19.1. The smallest absolute Gasteiger partial charge is 0.230 e. The van der Waals surface area contributed by atoms with E-state index < -0.39 is 0 Å². The predicted molar refractivity (Wildman–Crippen MR) is 105 cm³/mol. The van der Waals surface area contributed by atoms with E-state index in [1.165, 1.54) is 0 Å². The molecule has 136 valence electrons. The summed E-state index contributed by atoms with van der Waals surface area (Å²) in [4.78, 5) is 18.4. The van der Waals surface area contributed by atoms with Crippen molar-refractivity contribution < 1.29 is 4.79 Å². The molecule has 1 fully saturated rings. The second-order valence-corrected chi connectivity index (χ2v) is 7.01. The molecule has 1 aliphatic carbocycles. The lowest BCUT2D eigenvalue weighted by atomic mass is 10.0. The van der Waals surface area contributed by atoms with Crippen molar-refractivity contribution in [1.29, 1.82) is 5.26 Å². The molecule has 27 heavy (non-hydrogen) atoms. The van der Waals surface area contributed by atoms with Crippen LogP contribution in [0.2, 0.25) is 5.02 Å². The second-order valence-electron chi connectivity index (χ2n) is 6.63. The minimum absolute atomic E-state index is 0.181. The number of benzene rings is 1. The summed E-state index contributed by atoms with van der Waals surface area (Å²) in [5.74, 6) is -0.203. The number of nitrogens with two attached hydrogens (primary N) is 1. The Labute approximate surface area is 161 Å². The molecule has 2 heterocycles. The normalized spacial score (nSPS) is 20.6. The summed E-state index contributed by atoms with van der Waals surface area (Å²) in [7, 11) is 1.92. The molecule has 1 amide bonds. The molecule has 1 aromatic carbocycles. The van der Waals surface area contributed by atoms with Gasteiger partial charge in [-0.3, -0.25) is 4.79 Å². The van der Waals surface area contributed by atoms with E-state index >= 15 is 0 Å². The summed E-state index contributed by atoms with van der Waals surface area (Å²) in [5.41, 5.74) is 8.32. The van der Waals surface area contributed by atoms with Crippen molar-refractivity contribution in [3.63, 3.8) is 0 Å². The van der Waals surface area contributed by atoms with Gasteiger partial charge < -0.3 is 21.3 Å². The van der Waals surface area contributed by atoms with Crippen LogP contribution in [0.15, 0.2) is 36.9 Å². The van der Waals surface area contributed by atoms with Crippen molar-refractivity contribution >= 4 is 45.5 Å².